The molecule has 0 saturated carbocycles. The smallest absolute Gasteiger partial charge is 0.167 e. The summed E-state index contributed by atoms with van der Waals surface area (Å²) in [6.45, 7) is 6.83. The highest BCUT2D eigenvalue weighted by molar-refractivity contribution is 5.98. The number of nitrogens with zero attached hydrogens (tertiary/aromatic N) is 2. The molecule has 2 rings (SSSR count). The van der Waals surface area contributed by atoms with Gasteiger partial charge in [-0.2, -0.15) is 0 Å². The van der Waals surface area contributed by atoms with Crippen molar-refractivity contribution in [1.29, 1.82) is 0 Å². The van der Waals surface area contributed by atoms with E-state index in [1.165, 1.54) is 0 Å². The molecule has 0 aliphatic carbocycles. The van der Waals surface area contributed by atoms with Crippen LogP contribution in [0.4, 0.5) is 0 Å². The van der Waals surface area contributed by atoms with E-state index in [9.17, 15) is 9.59 Å². The van der Waals surface area contributed by atoms with E-state index in [2.05, 4.69) is 23.6 Å². The Labute approximate surface area is 248 Å². The topological polar surface area (TPSA) is 59.1 Å². The van der Waals surface area contributed by atoms with E-state index in [0.29, 0.717) is 37.4 Å². The molecule has 0 aliphatic heterocycles. The van der Waals surface area contributed by atoms with Crippen molar-refractivity contribution in [2.75, 3.05) is 54.5 Å². The number of hydrogen-bond acceptors (Lipinski definition) is 6. The number of ketones is 2. The standard InChI is InChI=1S/C31H46N2O4.2ClH/c1-7-20-36-28-16-12-24(13-17-28)30(34)26(22-32(3)4)10-9-11-27(23-33(5)6)31(35)25-14-18-29(19-15-25)37-21-8-2;;/h12-19,26-27H,7-11,20-23H2,1-6H3;2*1H. The van der Waals surface area contributed by atoms with Crippen molar-refractivity contribution in [1.82, 2.24) is 9.80 Å². The molecular weight excluding hydrogens is 535 g/mol. The number of ether oxygens (including phenoxy) is 2. The van der Waals surface area contributed by atoms with Crippen LogP contribution >= 0.6 is 24.8 Å². The van der Waals surface area contributed by atoms with Gasteiger partial charge in [-0.15, -0.1) is 24.8 Å². The summed E-state index contributed by atoms with van der Waals surface area (Å²) in [5.74, 6) is 1.63. The number of hydrogen-bond donors (Lipinski definition) is 0. The Kier molecular flexibility index (Phi) is 18.8. The Hall–Kier alpha value is -2.12. The Bertz CT molecular complexity index is 873. The summed E-state index contributed by atoms with van der Waals surface area (Å²) in [6, 6.07) is 15.0. The molecule has 0 aromatic heterocycles. The second kappa shape index (κ2) is 19.9. The molecular formula is C31H48Cl2N2O4. The Morgan fingerprint density at radius 3 is 1.26 bits per heavy atom. The van der Waals surface area contributed by atoms with Gasteiger partial charge in [0.2, 0.25) is 0 Å². The molecule has 2 unspecified atom stereocenters. The molecule has 2 aromatic rings. The Balaban J connectivity index is 0.00000722. The van der Waals surface area contributed by atoms with Gasteiger partial charge in [0, 0.05) is 36.1 Å². The Morgan fingerprint density at radius 2 is 0.974 bits per heavy atom. The second-order valence-corrected chi connectivity index (χ2v) is 10.3. The van der Waals surface area contributed by atoms with Crippen LogP contribution in [-0.2, 0) is 0 Å². The average molecular weight is 584 g/mol. The molecule has 0 radical (unpaired) electrons. The van der Waals surface area contributed by atoms with Gasteiger partial charge in [-0.05, 0) is 102 Å². The van der Waals surface area contributed by atoms with Gasteiger partial charge in [0.15, 0.2) is 11.6 Å². The summed E-state index contributed by atoms with van der Waals surface area (Å²) in [7, 11) is 7.98. The predicted molar refractivity (Wildman–Crippen MR) is 166 cm³/mol. The fourth-order valence-corrected chi connectivity index (χ4v) is 4.44. The van der Waals surface area contributed by atoms with Crippen molar-refractivity contribution in [2.24, 2.45) is 11.8 Å². The zero-order chi connectivity index (χ0) is 27.2. The maximum absolute atomic E-state index is 13.4. The van der Waals surface area contributed by atoms with E-state index in [0.717, 1.165) is 43.6 Å². The monoisotopic (exact) mass is 582 g/mol. The van der Waals surface area contributed by atoms with Gasteiger partial charge in [0.05, 0.1) is 13.2 Å². The first kappa shape index (κ1) is 36.9. The van der Waals surface area contributed by atoms with Gasteiger partial charge < -0.3 is 19.3 Å². The lowest BCUT2D eigenvalue weighted by Gasteiger charge is -2.23. The molecule has 0 heterocycles. The summed E-state index contributed by atoms with van der Waals surface area (Å²) in [5, 5.41) is 0. The van der Waals surface area contributed by atoms with E-state index in [1.54, 1.807) is 0 Å². The van der Waals surface area contributed by atoms with E-state index in [1.807, 2.05) is 76.7 Å². The summed E-state index contributed by atoms with van der Waals surface area (Å²) in [6.07, 6.45) is 4.19. The van der Waals surface area contributed by atoms with Crippen LogP contribution in [0, 0.1) is 11.8 Å². The number of carbonyl (C=O) groups excluding carboxylic acids is 2. The van der Waals surface area contributed by atoms with Crippen LogP contribution in [0.5, 0.6) is 11.5 Å². The van der Waals surface area contributed by atoms with Crippen molar-refractivity contribution in [2.45, 2.75) is 46.0 Å². The molecule has 0 fully saturated rings. The number of rotatable bonds is 18. The van der Waals surface area contributed by atoms with E-state index >= 15 is 0 Å². The van der Waals surface area contributed by atoms with Crippen LogP contribution < -0.4 is 9.47 Å². The number of Topliss-reactive ketones (excluding diaryl/α,β-unsaturated/α-hetero) is 2. The van der Waals surface area contributed by atoms with Crippen molar-refractivity contribution in [3.8, 4) is 11.5 Å². The Morgan fingerprint density at radius 1 is 0.641 bits per heavy atom. The lowest BCUT2D eigenvalue weighted by molar-refractivity contribution is 0.0870. The van der Waals surface area contributed by atoms with Crippen molar-refractivity contribution in [3.63, 3.8) is 0 Å². The first-order valence-corrected chi connectivity index (χ1v) is 13.6. The van der Waals surface area contributed by atoms with Gasteiger partial charge in [-0.25, -0.2) is 0 Å². The maximum Gasteiger partial charge on any atom is 0.167 e. The van der Waals surface area contributed by atoms with Crippen molar-refractivity contribution < 1.29 is 19.1 Å². The summed E-state index contributed by atoms with van der Waals surface area (Å²) >= 11 is 0. The van der Waals surface area contributed by atoms with Crippen molar-refractivity contribution >= 4 is 36.4 Å². The molecule has 6 nitrogen and oxygen atoms in total. The first-order valence-electron chi connectivity index (χ1n) is 13.6. The summed E-state index contributed by atoms with van der Waals surface area (Å²) in [4.78, 5) is 30.9. The fourth-order valence-electron chi connectivity index (χ4n) is 4.44. The van der Waals surface area contributed by atoms with Crippen LogP contribution in [0.15, 0.2) is 48.5 Å². The van der Waals surface area contributed by atoms with Crippen LogP contribution in [0.3, 0.4) is 0 Å². The number of benzene rings is 2. The average Bonchev–Trinajstić information content (AvgIpc) is 2.89. The molecule has 0 aliphatic rings. The highest BCUT2D eigenvalue weighted by Gasteiger charge is 2.24. The molecule has 39 heavy (non-hydrogen) atoms. The third-order valence-corrected chi connectivity index (χ3v) is 6.24. The minimum Gasteiger partial charge on any atom is -0.494 e. The molecule has 0 bridgehead atoms. The zero-order valence-electron chi connectivity index (χ0n) is 24.5. The molecule has 0 saturated heterocycles. The van der Waals surface area contributed by atoms with Gasteiger partial charge in [0.25, 0.3) is 0 Å². The lowest BCUT2D eigenvalue weighted by atomic mass is 9.87. The zero-order valence-corrected chi connectivity index (χ0v) is 26.1. The van der Waals surface area contributed by atoms with Crippen LogP contribution in [-0.4, -0.2) is 75.9 Å². The maximum atomic E-state index is 13.4. The van der Waals surface area contributed by atoms with Crippen LogP contribution in [0.1, 0.15) is 66.7 Å². The highest BCUT2D eigenvalue weighted by Crippen LogP contribution is 2.23. The van der Waals surface area contributed by atoms with Crippen molar-refractivity contribution in [3.05, 3.63) is 59.7 Å². The third-order valence-electron chi connectivity index (χ3n) is 6.24. The number of carbonyl (C=O) groups is 2. The third kappa shape index (κ3) is 13.2. The lowest BCUT2D eigenvalue weighted by Crippen LogP contribution is -2.30. The SMILES string of the molecule is CCCOc1ccc(C(=O)C(CCCC(CN(C)C)C(=O)c2ccc(OCCC)cc2)CN(C)C)cc1.Cl.Cl. The van der Waals surface area contributed by atoms with Gasteiger partial charge >= 0.3 is 0 Å². The van der Waals surface area contributed by atoms with Gasteiger partial charge in [-0.1, -0.05) is 20.3 Å². The van der Waals surface area contributed by atoms with E-state index in [-0.39, 0.29) is 48.2 Å². The fraction of sp³-hybridized carbons (Fsp3) is 0.548. The normalized spacial score (nSPS) is 12.3. The molecule has 0 N–H and O–H groups in total. The van der Waals surface area contributed by atoms with Crippen LogP contribution in [0.25, 0.3) is 0 Å². The quantitative estimate of drug-likeness (QED) is 0.182. The van der Waals surface area contributed by atoms with E-state index < -0.39 is 0 Å². The minimum atomic E-state index is -0.123. The molecule has 2 aromatic carbocycles. The molecule has 0 spiro atoms. The molecule has 2 atom stereocenters. The van der Waals surface area contributed by atoms with Gasteiger partial charge in [0.1, 0.15) is 11.5 Å². The molecule has 0 amide bonds. The minimum absolute atomic E-state index is 0. The summed E-state index contributed by atoms with van der Waals surface area (Å²) in [5.41, 5.74) is 1.42. The predicted octanol–water partition coefficient (Wildman–Crippen LogP) is 6.70. The van der Waals surface area contributed by atoms with Crippen LogP contribution in [0.2, 0.25) is 0 Å². The highest BCUT2D eigenvalue weighted by atomic mass is 35.5. The summed E-state index contributed by atoms with van der Waals surface area (Å²) < 4.78 is 11.3. The molecule has 220 valence electrons. The second-order valence-electron chi connectivity index (χ2n) is 10.3. The van der Waals surface area contributed by atoms with Gasteiger partial charge in [-0.3, -0.25) is 9.59 Å². The van der Waals surface area contributed by atoms with E-state index in [4.69, 9.17) is 9.47 Å². The molecule has 8 heteroatoms. The largest absolute Gasteiger partial charge is 0.494 e. The number of halogens is 2. The first-order chi connectivity index (χ1) is 17.7.